The summed E-state index contributed by atoms with van der Waals surface area (Å²) in [5, 5.41) is 0. The number of nitrogens with zero attached hydrogens (tertiary/aromatic N) is 2. The van der Waals surface area contributed by atoms with Crippen molar-refractivity contribution in [3.8, 4) is 0 Å². The molecule has 0 N–H and O–H groups in total. The van der Waals surface area contributed by atoms with E-state index in [1.165, 1.54) is 0 Å². The standard InChI is InChI=1S/C14H26N2O2/c1-5-12(10-11(2)13(17)15(3)4)14(18)16-8-6-7-9-16/h11-12H,5-10H2,1-4H3. The number of rotatable bonds is 5. The topological polar surface area (TPSA) is 40.6 Å². The quantitative estimate of drug-likeness (QED) is 0.750. The Morgan fingerprint density at radius 3 is 2.22 bits per heavy atom. The summed E-state index contributed by atoms with van der Waals surface area (Å²) in [5.41, 5.74) is 0. The van der Waals surface area contributed by atoms with Crippen LogP contribution in [0.15, 0.2) is 0 Å². The Balaban J connectivity index is 2.55. The average Bonchev–Trinajstić information content (AvgIpc) is 2.87. The lowest BCUT2D eigenvalue weighted by Gasteiger charge is -2.25. The molecule has 0 aromatic heterocycles. The van der Waals surface area contributed by atoms with Crippen molar-refractivity contribution < 1.29 is 9.59 Å². The van der Waals surface area contributed by atoms with Crippen LogP contribution in [0.3, 0.4) is 0 Å². The van der Waals surface area contributed by atoms with Gasteiger partial charge in [0.2, 0.25) is 11.8 Å². The van der Waals surface area contributed by atoms with Crippen LogP contribution in [0.25, 0.3) is 0 Å². The highest BCUT2D eigenvalue weighted by molar-refractivity contribution is 5.81. The molecule has 0 aliphatic carbocycles. The molecule has 4 heteroatoms. The van der Waals surface area contributed by atoms with E-state index in [0.717, 1.165) is 32.4 Å². The van der Waals surface area contributed by atoms with Crippen LogP contribution in [0.5, 0.6) is 0 Å². The molecule has 2 unspecified atom stereocenters. The van der Waals surface area contributed by atoms with Gasteiger partial charge in [-0.1, -0.05) is 13.8 Å². The van der Waals surface area contributed by atoms with E-state index in [0.29, 0.717) is 6.42 Å². The number of likely N-dealkylation sites (tertiary alicyclic amines) is 1. The van der Waals surface area contributed by atoms with Crippen molar-refractivity contribution in [3.63, 3.8) is 0 Å². The Morgan fingerprint density at radius 2 is 1.78 bits per heavy atom. The van der Waals surface area contributed by atoms with Gasteiger partial charge in [-0.05, 0) is 25.7 Å². The maximum atomic E-state index is 12.3. The normalized spacial score (nSPS) is 18.6. The van der Waals surface area contributed by atoms with Gasteiger partial charge in [0.05, 0.1) is 0 Å². The van der Waals surface area contributed by atoms with Gasteiger partial charge in [0, 0.05) is 39.0 Å². The highest BCUT2D eigenvalue weighted by Gasteiger charge is 2.28. The van der Waals surface area contributed by atoms with Gasteiger partial charge in [0.1, 0.15) is 0 Å². The van der Waals surface area contributed by atoms with E-state index in [2.05, 4.69) is 0 Å². The molecule has 1 rings (SSSR count). The average molecular weight is 254 g/mol. The van der Waals surface area contributed by atoms with E-state index in [1.54, 1.807) is 19.0 Å². The van der Waals surface area contributed by atoms with Gasteiger partial charge in [0.15, 0.2) is 0 Å². The Hall–Kier alpha value is -1.06. The van der Waals surface area contributed by atoms with Crippen molar-refractivity contribution in [2.75, 3.05) is 27.2 Å². The zero-order valence-corrected chi connectivity index (χ0v) is 12.1. The molecule has 0 saturated carbocycles. The highest BCUT2D eigenvalue weighted by Crippen LogP contribution is 2.21. The Morgan fingerprint density at radius 1 is 1.22 bits per heavy atom. The number of hydrogen-bond acceptors (Lipinski definition) is 2. The van der Waals surface area contributed by atoms with Crippen molar-refractivity contribution in [1.29, 1.82) is 0 Å². The Kier molecular flexibility index (Phi) is 5.63. The highest BCUT2D eigenvalue weighted by atomic mass is 16.2. The third-order valence-corrected chi connectivity index (χ3v) is 3.76. The number of hydrogen-bond donors (Lipinski definition) is 0. The minimum atomic E-state index is -0.0727. The van der Waals surface area contributed by atoms with E-state index in [9.17, 15) is 9.59 Å². The fourth-order valence-corrected chi connectivity index (χ4v) is 2.61. The van der Waals surface area contributed by atoms with Gasteiger partial charge in [-0.3, -0.25) is 9.59 Å². The second-order valence-corrected chi connectivity index (χ2v) is 5.51. The molecule has 0 spiro atoms. The van der Waals surface area contributed by atoms with Crippen molar-refractivity contribution in [2.45, 2.75) is 39.5 Å². The molecule has 0 radical (unpaired) electrons. The zero-order valence-electron chi connectivity index (χ0n) is 12.1. The first-order valence-corrected chi connectivity index (χ1v) is 6.97. The molecule has 1 aliphatic heterocycles. The van der Waals surface area contributed by atoms with E-state index < -0.39 is 0 Å². The second-order valence-electron chi connectivity index (χ2n) is 5.51. The molecular weight excluding hydrogens is 228 g/mol. The molecule has 18 heavy (non-hydrogen) atoms. The van der Waals surface area contributed by atoms with Crippen LogP contribution in [0, 0.1) is 11.8 Å². The molecular formula is C14H26N2O2. The molecule has 1 saturated heterocycles. The predicted octanol–water partition coefficient (Wildman–Crippen LogP) is 1.75. The van der Waals surface area contributed by atoms with Gasteiger partial charge in [0.25, 0.3) is 0 Å². The van der Waals surface area contributed by atoms with Crippen LogP contribution in [-0.2, 0) is 9.59 Å². The van der Waals surface area contributed by atoms with E-state index in [1.807, 2.05) is 18.7 Å². The summed E-state index contributed by atoms with van der Waals surface area (Å²) in [6.07, 6.45) is 3.73. The molecule has 2 atom stereocenters. The SMILES string of the molecule is CCC(CC(C)C(=O)N(C)C)C(=O)N1CCCC1. The minimum Gasteiger partial charge on any atom is -0.349 e. The lowest BCUT2D eigenvalue weighted by molar-refractivity contribution is -0.137. The maximum absolute atomic E-state index is 12.3. The summed E-state index contributed by atoms with van der Waals surface area (Å²) >= 11 is 0. The number of amides is 2. The fourth-order valence-electron chi connectivity index (χ4n) is 2.61. The summed E-state index contributed by atoms with van der Waals surface area (Å²) in [5.74, 6) is 0.287. The molecule has 4 nitrogen and oxygen atoms in total. The first-order chi connectivity index (χ1) is 8.47. The van der Waals surface area contributed by atoms with Gasteiger partial charge in [-0.2, -0.15) is 0 Å². The summed E-state index contributed by atoms with van der Waals surface area (Å²) in [4.78, 5) is 27.7. The number of carbonyl (C=O) groups is 2. The Bertz CT molecular complexity index is 296. The van der Waals surface area contributed by atoms with Crippen LogP contribution < -0.4 is 0 Å². The molecule has 0 aromatic carbocycles. The fraction of sp³-hybridized carbons (Fsp3) is 0.857. The first-order valence-electron chi connectivity index (χ1n) is 6.97. The van der Waals surface area contributed by atoms with Gasteiger partial charge in [-0.15, -0.1) is 0 Å². The molecule has 0 aromatic rings. The van der Waals surface area contributed by atoms with Gasteiger partial charge < -0.3 is 9.80 Å². The van der Waals surface area contributed by atoms with E-state index >= 15 is 0 Å². The number of carbonyl (C=O) groups excluding carboxylic acids is 2. The third-order valence-electron chi connectivity index (χ3n) is 3.76. The molecule has 1 aliphatic rings. The molecule has 104 valence electrons. The van der Waals surface area contributed by atoms with E-state index in [4.69, 9.17) is 0 Å². The smallest absolute Gasteiger partial charge is 0.225 e. The summed E-state index contributed by atoms with van der Waals surface area (Å²) in [6.45, 7) is 5.74. The maximum Gasteiger partial charge on any atom is 0.225 e. The Labute approximate surface area is 110 Å². The van der Waals surface area contributed by atoms with Gasteiger partial charge >= 0.3 is 0 Å². The van der Waals surface area contributed by atoms with Crippen molar-refractivity contribution >= 4 is 11.8 Å². The zero-order chi connectivity index (χ0) is 13.7. The van der Waals surface area contributed by atoms with Crippen molar-refractivity contribution in [2.24, 2.45) is 11.8 Å². The second kappa shape index (κ2) is 6.76. The lowest BCUT2D eigenvalue weighted by atomic mass is 9.91. The lowest BCUT2D eigenvalue weighted by Crippen LogP contribution is -2.36. The van der Waals surface area contributed by atoms with Crippen molar-refractivity contribution in [1.82, 2.24) is 9.80 Å². The van der Waals surface area contributed by atoms with Crippen LogP contribution in [0.1, 0.15) is 39.5 Å². The van der Waals surface area contributed by atoms with Crippen LogP contribution in [0.4, 0.5) is 0 Å². The predicted molar refractivity (Wildman–Crippen MR) is 72.1 cm³/mol. The third kappa shape index (κ3) is 3.72. The van der Waals surface area contributed by atoms with Crippen LogP contribution in [0.2, 0.25) is 0 Å². The largest absolute Gasteiger partial charge is 0.349 e. The molecule has 1 fully saturated rings. The summed E-state index contributed by atoms with van der Waals surface area (Å²) in [7, 11) is 3.53. The molecule has 2 amide bonds. The van der Waals surface area contributed by atoms with Crippen LogP contribution in [-0.4, -0.2) is 48.8 Å². The summed E-state index contributed by atoms with van der Waals surface area (Å²) in [6, 6.07) is 0. The van der Waals surface area contributed by atoms with Gasteiger partial charge in [-0.25, -0.2) is 0 Å². The molecule has 1 heterocycles. The van der Waals surface area contributed by atoms with Crippen LogP contribution >= 0.6 is 0 Å². The van der Waals surface area contributed by atoms with Crippen molar-refractivity contribution in [3.05, 3.63) is 0 Å². The monoisotopic (exact) mass is 254 g/mol. The first kappa shape index (κ1) is 15.0. The molecule has 0 bridgehead atoms. The minimum absolute atomic E-state index is 0.00185. The summed E-state index contributed by atoms with van der Waals surface area (Å²) < 4.78 is 0. The van der Waals surface area contributed by atoms with E-state index in [-0.39, 0.29) is 23.7 Å².